The molecule has 6 nitrogen and oxygen atoms in total. The third-order valence-electron chi connectivity index (χ3n) is 5.85. The molecule has 0 spiro atoms. The Balaban J connectivity index is 1.55. The van der Waals surface area contributed by atoms with Gasteiger partial charge in [-0.05, 0) is 35.2 Å². The number of hydrogen-bond acceptors (Lipinski definition) is 5. The summed E-state index contributed by atoms with van der Waals surface area (Å²) in [6.45, 7) is 7.68. The minimum absolute atomic E-state index is 0.00499. The predicted molar refractivity (Wildman–Crippen MR) is 128 cm³/mol. The maximum Gasteiger partial charge on any atom is 0.287 e. The van der Waals surface area contributed by atoms with Gasteiger partial charge in [0.25, 0.3) is 5.91 Å². The molecule has 32 heavy (non-hydrogen) atoms. The van der Waals surface area contributed by atoms with Crippen molar-refractivity contribution in [3.05, 3.63) is 80.1 Å². The Labute approximate surface area is 195 Å². The third-order valence-corrected chi connectivity index (χ3v) is 6.34. The molecule has 0 aliphatic carbocycles. The standard InChI is InChI=1S/C25H27BrN2O4/c1-16(2)17-3-5-18(6-4-17)21(28-9-11-31-12-10-28)15-27-25(30)24-14-22(29)20-8-7-19(26)13-23(20)32-24/h3-8,13-14,16,21H,9-12,15H2,1-2H3,(H,27,30)/t21-/m1/s1. The van der Waals surface area contributed by atoms with E-state index in [-0.39, 0.29) is 17.2 Å². The second-order valence-electron chi connectivity index (χ2n) is 8.31. The van der Waals surface area contributed by atoms with E-state index in [1.54, 1.807) is 18.2 Å². The van der Waals surface area contributed by atoms with Crippen LogP contribution < -0.4 is 10.7 Å². The van der Waals surface area contributed by atoms with E-state index in [2.05, 4.69) is 64.3 Å². The fourth-order valence-electron chi connectivity index (χ4n) is 3.97. The largest absolute Gasteiger partial charge is 0.451 e. The average molecular weight is 499 g/mol. The van der Waals surface area contributed by atoms with Crippen molar-refractivity contribution in [2.24, 2.45) is 0 Å². The van der Waals surface area contributed by atoms with E-state index in [9.17, 15) is 9.59 Å². The van der Waals surface area contributed by atoms with Gasteiger partial charge in [-0.15, -0.1) is 0 Å². The molecule has 0 radical (unpaired) electrons. The molecule has 1 aromatic heterocycles. The number of rotatable bonds is 6. The number of halogens is 1. The summed E-state index contributed by atoms with van der Waals surface area (Å²) in [6.07, 6.45) is 0. The van der Waals surface area contributed by atoms with Gasteiger partial charge in [0.05, 0.1) is 24.6 Å². The van der Waals surface area contributed by atoms with Crippen molar-refractivity contribution in [2.75, 3.05) is 32.8 Å². The highest BCUT2D eigenvalue weighted by atomic mass is 79.9. The topological polar surface area (TPSA) is 71.8 Å². The summed E-state index contributed by atoms with van der Waals surface area (Å²) in [5.74, 6) is 0.0685. The minimum Gasteiger partial charge on any atom is -0.451 e. The Hall–Kier alpha value is -2.48. The van der Waals surface area contributed by atoms with Gasteiger partial charge in [0, 0.05) is 30.2 Å². The smallest absolute Gasteiger partial charge is 0.287 e. The van der Waals surface area contributed by atoms with Crippen LogP contribution in [0.4, 0.5) is 0 Å². The minimum atomic E-state index is -0.402. The Kier molecular flexibility index (Phi) is 7.08. The number of carbonyl (C=O) groups excluding carboxylic acids is 1. The van der Waals surface area contributed by atoms with Crippen LogP contribution in [0.25, 0.3) is 11.0 Å². The van der Waals surface area contributed by atoms with Gasteiger partial charge in [-0.1, -0.05) is 54.0 Å². The van der Waals surface area contributed by atoms with Crippen LogP contribution in [0.15, 0.2) is 62.2 Å². The van der Waals surface area contributed by atoms with E-state index < -0.39 is 5.91 Å². The summed E-state index contributed by atoms with van der Waals surface area (Å²) in [5, 5.41) is 3.42. The number of hydrogen-bond donors (Lipinski definition) is 1. The average Bonchev–Trinajstić information content (AvgIpc) is 2.79. The number of ether oxygens (including phenoxy) is 1. The lowest BCUT2D eigenvalue weighted by atomic mass is 9.98. The van der Waals surface area contributed by atoms with Crippen molar-refractivity contribution < 1.29 is 13.9 Å². The van der Waals surface area contributed by atoms with Gasteiger partial charge in [-0.3, -0.25) is 14.5 Å². The highest BCUT2D eigenvalue weighted by molar-refractivity contribution is 9.10. The maximum atomic E-state index is 12.9. The van der Waals surface area contributed by atoms with Crippen molar-refractivity contribution >= 4 is 32.8 Å². The monoisotopic (exact) mass is 498 g/mol. The molecule has 7 heteroatoms. The number of fused-ring (bicyclic) bond motifs is 1. The number of amides is 1. The first-order valence-corrected chi connectivity index (χ1v) is 11.6. The van der Waals surface area contributed by atoms with Crippen molar-refractivity contribution in [3.63, 3.8) is 0 Å². The van der Waals surface area contributed by atoms with Gasteiger partial charge < -0.3 is 14.5 Å². The second-order valence-corrected chi connectivity index (χ2v) is 9.23. The Bertz CT molecular complexity index is 1150. The fourth-order valence-corrected chi connectivity index (χ4v) is 4.31. The zero-order valence-corrected chi connectivity index (χ0v) is 19.9. The predicted octanol–water partition coefficient (Wildman–Crippen LogP) is 4.48. The van der Waals surface area contributed by atoms with Gasteiger partial charge in [-0.25, -0.2) is 0 Å². The highest BCUT2D eigenvalue weighted by Crippen LogP contribution is 2.24. The number of nitrogens with one attached hydrogen (secondary N) is 1. The first kappa shape index (κ1) is 22.7. The van der Waals surface area contributed by atoms with E-state index in [1.165, 1.54) is 11.6 Å². The number of nitrogens with zero attached hydrogens (tertiary/aromatic N) is 1. The molecule has 1 aliphatic heterocycles. The van der Waals surface area contributed by atoms with Crippen molar-refractivity contribution in [1.82, 2.24) is 10.2 Å². The second kappa shape index (κ2) is 9.98. The summed E-state index contributed by atoms with van der Waals surface area (Å²) >= 11 is 3.37. The van der Waals surface area contributed by atoms with Crippen LogP contribution in [0, 0.1) is 0 Å². The van der Waals surface area contributed by atoms with E-state index >= 15 is 0 Å². The first-order valence-electron chi connectivity index (χ1n) is 10.9. The SMILES string of the molecule is CC(C)c1ccc([C@@H](CNC(=O)c2cc(=O)c3ccc(Br)cc3o2)N2CCOCC2)cc1. The fraction of sp³-hybridized carbons (Fsp3) is 0.360. The molecule has 168 valence electrons. The Morgan fingerprint density at radius 1 is 1.06 bits per heavy atom. The van der Waals surface area contributed by atoms with Gasteiger partial charge in [0.2, 0.25) is 0 Å². The van der Waals surface area contributed by atoms with Gasteiger partial charge in [0.15, 0.2) is 11.2 Å². The first-order chi connectivity index (χ1) is 15.4. The van der Waals surface area contributed by atoms with E-state index in [4.69, 9.17) is 9.15 Å². The molecular weight excluding hydrogens is 472 g/mol. The molecule has 1 saturated heterocycles. The summed E-state index contributed by atoms with van der Waals surface area (Å²) in [5.41, 5.74) is 2.56. The summed E-state index contributed by atoms with van der Waals surface area (Å²) in [4.78, 5) is 27.6. The number of morpholine rings is 1. The molecule has 1 fully saturated rings. The van der Waals surface area contributed by atoms with Crippen molar-refractivity contribution in [3.8, 4) is 0 Å². The van der Waals surface area contributed by atoms with Crippen LogP contribution in [0.1, 0.15) is 47.5 Å². The third kappa shape index (κ3) is 5.11. The normalized spacial score (nSPS) is 15.8. The van der Waals surface area contributed by atoms with Gasteiger partial charge in [-0.2, -0.15) is 0 Å². The lowest BCUT2D eigenvalue weighted by Gasteiger charge is -2.35. The summed E-state index contributed by atoms with van der Waals surface area (Å²) < 4.78 is 12.0. The lowest BCUT2D eigenvalue weighted by molar-refractivity contribution is 0.0161. The molecule has 2 heterocycles. The molecule has 1 N–H and O–H groups in total. The zero-order chi connectivity index (χ0) is 22.7. The number of carbonyl (C=O) groups is 1. The Morgan fingerprint density at radius 2 is 1.75 bits per heavy atom. The van der Waals surface area contributed by atoms with Crippen LogP contribution in [0.3, 0.4) is 0 Å². The Morgan fingerprint density at radius 3 is 2.44 bits per heavy atom. The molecule has 3 aromatic rings. The molecule has 1 atom stereocenters. The van der Waals surface area contributed by atoms with Crippen LogP contribution in [-0.4, -0.2) is 43.7 Å². The number of benzene rings is 2. The van der Waals surface area contributed by atoms with E-state index in [0.29, 0.717) is 36.6 Å². The molecule has 0 bridgehead atoms. The van der Waals surface area contributed by atoms with Crippen molar-refractivity contribution in [2.45, 2.75) is 25.8 Å². The summed E-state index contributed by atoms with van der Waals surface area (Å²) in [6, 6.07) is 15.0. The lowest BCUT2D eigenvalue weighted by Crippen LogP contribution is -2.43. The van der Waals surface area contributed by atoms with E-state index in [0.717, 1.165) is 23.1 Å². The van der Waals surface area contributed by atoms with Crippen LogP contribution >= 0.6 is 15.9 Å². The zero-order valence-electron chi connectivity index (χ0n) is 18.3. The molecule has 0 saturated carbocycles. The van der Waals surface area contributed by atoms with E-state index in [1.807, 2.05) is 0 Å². The van der Waals surface area contributed by atoms with Gasteiger partial charge >= 0.3 is 0 Å². The van der Waals surface area contributed by atoms with Crippen LogP contribution in [0.5, 0.6) is 0 Å². The highest BCUT2D eigenvalue weighted by Gasteiger charge is 2.24. The molecule has 1 amide bonds. The molecule has 2 aromatic carbocycles. The van der Waals surface area contributed by atoms with Gasteiger partial charge in [0.1, 0.15) is 5.58 Å². The molecule has 4 rings (SSSR count). The molecular formula is C25H27BrN2O4. The van der Waals surface area contributed by atoms with Crippen LogP contribution in [0.2, 0.25) is 0 Å². The summed E-state index contributed by atoms with van der Waals surface area (Å²) in [7, 11) is 0. The molecule has 1 aliphatic rings. The quantitative estimate of drug-likeness (QED) is 0.542. The van der Waals surface area contributed by atoms with Crippen LogP contribution in [-0.2, 0) is 4.74 Å². The molecule has 0 unspecified atom stereocenters. The maximum absolute atomic E-state index is 12.9. The van der Waals surface area contributed by atoms with Crippen molar-refractivity contribution in [1.29, 1.82) is 0 Å².